The highest BCUT2D eigenvalue weighted by atomic mass is 15.2. The largest absolute Gasteiger partial charge is 0.307 e. The van der Waals surface area contributed by atoms with Crippen LogP contribution >= 0.6 is 0 Å². The first kappa shape index (κ1) is 38.1. The van der Waals surface area contributed by atoms with Crippen LogP contribution in [0.2, 0.25) is 0 Å². The molecule has 0 radical (unpaired) electrons. The highest BCUT2D eigenvalue weighted by molar-refractivity contribution is 6.26. The maximum atomic E-state index is 5.42. The van der Waals surface area contributed by atoms with E-state index in [0.717, 1.165) is 66.2 Å². The molecule has 68 heavy (non-hydrogen) atoms. The molecule has 3 aromatic heterocycles. The van der Waals surface area contributed by atoms with Crippen molar-refractivity contribution >= 4 is 75.9 Å². The molecule has 14 rings (SSSR count). The van der Waals surface area contributed by atoms with E-state index < -0.39 is 0 Å². The van der Waals surface area contributed by atoms with E-state index in [1.807, 2.05) is 18.2 Å². The Morgan fingerprint density at radius 1 is 0.235 bits per heavy atom. The minimum atomic E-state index is 0.557. The highest BCUT2D eigenvalue weighted by Crippen LogP contribution is 2.42. The molecule has 14 aromatic rings. The van der Waals surface area contributed by atoms with Gasteiger partial charge in [0.1, 0.15) is 0 Å². The number of hydrogen-bond donors (Lipinski definition) is 0. The molecular weight excluding hydrogens is 827 g/mol. The van der Waals surface area contributed by atoms with Crippen molar-refractivity contribution in [1.29, 1.82) is 0 Å². The summed E-state index contributed by atoms with van der Waals surface area (Å²) in [6.45, 7) is 0. The third-order valence-electron chi connectivity index (χ3n) is 13.8. The number of fused-ring (bicyclic) bond motifs is 13. The minimum Gasteiger partial charge on any atom is -0.307 e. The van der Waals surface area contributed by atoms with Gasteiger partial charge in [0.2, 0.25) is 5.95 Å². The zero-order chi connectivity index (χ0) is 44.7. The van der Waals surface area contributed by atoms with Crippen LogP contribution in [-0.4, -0.2) is 24.1 Å². The number of aromatic nitrogens is 5. The molecule has 0 N–H and O–H groups in total. The normalized spacial score (nSPS) is 11.8. The summed E-state index contributed by atoms with van der Waals surface area (Å²) in [6.07, 6.45) is 0. The molecule has 0 fully saturated rings. The summed E-state index contributed by atoms with van der Waals surface area (Å²) in [5, 5.41) is 12.2. The van der Waals surface area contributed by atoms with Gasteiger partial charge in [0.15, 0.2) is 11.6 Å². The summed E-state index contributed by atoms with van der Waals surface area (Å²) < 4.78 is 4.67. The lowest BCUT2D eigenvalue weighted by Gasteiger charge is -2.14. The molecule has 5 nitrogen and oxygen atoms in total. The average molecular weight is 866 g/mol. The molecule has 0 aliphatic rings. The van der Waals surface area contributed by atoms with Gasteiger partial charge in [0.05, 0.1) is 22.1 Å². The number of hydrogen-bond acceptors (Lipinski definition) is 3. The first-order chi connectivity index (χ1) is 33.7. The van der Waals surface area contributed by atoms with Crippen LogP contribution in [0.15, 0.2) is 237 Å². The van der Waals surface area contributed by atoms with Crippen LogP contribution in [-0.2, 0) is 0 Å². The molecule has 0 aliphatic heterocycles. The summed E-state index contributed by atoms with van der Waals surface area (Å²) in [6, 6.07) is 84.6. The second-order valence-electron chi connectivity index (χ2n) is 17.6. The second-order valence-corrected chi connectivity index (χ2v) is 17.6. The third-order valence-corrected chi connectivity index (χ3v) is 13.8. The molecule has 5 heteroatoms. The number of rotatable bonds is 6. The predicted octanol–water partition coefficient (Wildman–Crippen LogP) is 16.2. The zero-order valence-electron chi connectivity index (χ0n) is 36.8. The summed E-state index contributed by atoms with van der Waals surface area (Å²) in [5.41, 5.74) is 11.8. The van der Waals surface area contributed by atoms with E-state index in [-0.39, 0.29) is 0 Å². The minimum absolute atomic E-state index is 0.557. The molecule has 0 bridgehead atoms. The van der Waals surface area contributed by atoms with Crippen molar-refractivity contribution < 1.29 is 0 Å². The van der Waals surface area contributed by atoms with Crippen LogP contribution < -0.4 is 0 Å². The molecule has 0 spiro atoms. The Morgan fingerprint density at radius 2 is 0.603 bits per heavy atom. The molecule has 0 unspecified atom stereocenters. The SMILES string of the molecule is c1ccc(-c2ccc(-n3c4ccccc4c4ccc5c6ccccc6n(-c6nc(-c7ccccc7)nc(-c7ccc(-c8ccc9c%10ccccc%10c%10ccccc%10c9c8)cc7)n6)c5c43)cc2)cc1. The third kappa shape index (κ3) is 5.93. The Hall–Kier alpha value is -9.19. The molecule has 0 atom stereocenters. The summed E-state index contributed by atoms with van der Waals surface area (Å²) in [4.78, 5) is 16.0. The maximum absolute atomic E-state index is 5.42. The molecule has 11 aromatic carbocycles. The maximum Gasteiger partial charge on any atom is 0.238 e. The van der Waals surface area contributed by atoms with E-state index >= 15 is 0 Å². The smallest absolute Gasteiger partial charge is 0.238 e. The van der Waals surface area contributed by atoms with Crippen LogP contribution in [0.25, 0.3) is 133 Å². The van der Waals surface area contributed by atoms with Gasteiger partial charge in [-0.3, -0.25) is 4.57 Å². The summed E-state index contributed by atoms with van der Waals surface area (Å²) in [7, 11) is 0. The number of nitrogens with zero attached hydrogens (tertiary/aromatic N) is 5. The second kappa shape index (κ2) is 15.2. The summed E-state index contributed by atoms with van der Waals surface area (Å²) in [5.74, 6) is 1.77. The molecule has 316 valence electrons. The van der Waals surface area contributed by atoms with Crippen molar-refractivity contribution in [2.24, 2.45) is 0 Å². The lowest BCUT2D eigenvalue weighted by Crippen LogP contribution is -2.07. The Morgan fingerprint density at radius 3 is 1.19 bits per heavy atom. The van der Waals surface area contributed by atoms with Crippen LogP contribution in [0.1, 0.15) is 0 Å². The molecular formula is C63H39N5. The van der Waals surface area contributed by atoms with Crippen molar-refractivity contribution in [2.45, 2.75) is 0 Å². The summed E-state index contributed by atoms with van der Waals surface area (Å²) >= 11 is 0. The van der Waals surface area contributed by atoms with Gasteiger partial charge in [-0.25, -0.2) is 4.98 Å². The Bertz CT molecular complexity index is 4250. The van der Waals surface area contributed by atoms with E-state index in [4.69, 9.17) is 15.0 Å². The highest BCUT2D eigenvalue weighted by Gasteiger charge is 2.24. The molecule has 0 aliphatic carbocycles. The van der Waals surface area contributed by atoms with Gasteiger partial charge in [-0.1, -0.05) is 206 Å². The van der Waals surface area contributed by atoms with E-state index in [9.17, 15) is 0 Å². The first-order valence-corrected chi connectivity index (χ1v) is 23.1. The predicted molar refractivity (Wildman–Crippen MR) is 283 cm³/mol. The fourth-order valence-corrected chi connectivity index (χ4v) is 10.6. The topological polar surface area (TPSA) is 48.5 Å². The number of benzene rings is 11. The Balaban J connectivity index is 0.971. The van der Waals surface area contributed by atoms with Crippen LogP contribution in [0, 0.1) is 0 Å². The van der Waals surface area contributed by atoms with Gasteiger partial charge < -0.3 is 4.57 Å². The van der Waals surface area contributed by atoms with E-state index in [0.29, 0.717) is 17.6 Å². The molecule has 0 saturated carbocycles. The molecule has 3 heterocycles. The van der Waals surface area contributed by atoms with Crippen molar-refractivity contribution in [3.05, 3.63) is 237 Å². The van der Waals surface area contributed by atoms with Gasteiger partial charge in [-0.15, -0.1) is 0 Å². The van der Waals surface area contributed by atoms with Gasteiger partial charge in [-0.05, 0) is 84.9 Å². The Labute approximate surface area is 391 Å². The van der Waals surface area contributed by atoms with Gasteiger partial charge in [0, 0.05) is 38.4 Å². The quantitative estimate of drug-likeness (QED) is 0.156. The van der Waals surface area contributed by atoms with Gasteiger partial charge in [0.25, 0.3) is 0 Å². The lowest BCUT2D eigenvalue weighted by molar-refractivity contribution is 0.953. The van der Waals surface area contributed by atoms with Gasteiger partial charge in [-0.2, -0.15) is 9.97 Å². The number of para-hydroxylation sites is 2. The monoisotopic (exact) mass is 865 g/mol. The first-order valence-electron chi connectivity index (χ1n) is 23.1. The van der Waals surface area contributed by atoms with Crippen molar-refractivity contribution in [1.82, 2.24) is 24.1 Å². The van der Waals surface area contributed by atoms with Crippen molar-refractivity contribution in [3.8, 4) is 56.7 Å². The van der Waals surface area contributed by atoms with Crippen LogP contribution in [0.3, 0.4) is 0 Å². The molecule has 0 amide bonds. The van der Waals surface area contributed by atoms with Crippen LogP contribution in [0.4, 0.5) is 0 Å². The van der Waals surface area contributed by atoms with Crippen LogP contribution in [0.5, 0.6) is 0 Å². The van der Waals surface area contributed by atoms with Crippen molar-refractivity contribution in [2.75, 3.05) is 0 Å². The zero-order valence-corrected chi connectivity index (χ0v) is 36.8. The fourth-order valence-electron chi connectivity index (χ4n) is 10.6. The standard InChI is InChI=1S/C63H39N5/c1-3-15-40(16-4-1)41-31-34-46(35-32-41)67-57-25-13-11-23-52(57)54-37-38-55-53-24-12-14-26-58(53)68(60(55)59(54)67)63-65-61(43-17-5-2-6-18-43)64-62(66-63)44-29-27-42(28-30-44)45-33-36-51-49-21-8-7-19-47(49)48-20-9-10-22-50(48)56(51)39-45/h1-39H. The van der Waals surface area contributed by atoms with E-state index in [2.05, 4.69) is 228 Å². The van der Waals surface area contributed by atoms with E-state index in [1.54, 1.807) is 0 Å². The fraction of sp³-hybridized carbons (Fsp3) is 0. The lowest BCUT2D eigenvalue weighted by atomic mass is 9.92. The average Bonchev–Trinajstić information content (AvgIpc) is 3.94. The Kier molecular flexibility index (Phi) is 8.52. The molecule has 0 saturated heterocycles. The van der Waals surface area contributed by atoms with Crippen molar-refractivity contribution in [3.63, 3.8) is 0 Å². The van der Waals surface area contributed by atoms with E-state index in [1.165, 1.54) is 48.8 Å². The van der Waals surface area contributed by atoms with Gasteiger partial charge >= 0.3 is 0 Å².